The highest BCUT2D eigenvalue weighted by atomic mass is 16.4. The molecule has 0 aliphatic rings. The van der Waals surface area contributed by atoms with Crippen molar-refractivity contribution in [3.63, 3.8) is 0 Å². The smallest absolute Gasteiger partial charge is 0.317 e. The molecule has 6 heteroatoms. The number of carboxylic acid groups (broad SMARTS) is 1. The molecule has 0 spiro atoms. The minimum atomic E-state index is -0.930. The van der Waals surface area contributed by atoms with E-state index >= 15 is 0 Å². The van der Waals surface area contributed by atoms with Crippen molar-refractivity contribution in [2.45, 2.75) is 32.6 Å². The van der Waals surface area contributed by atoms with Gasteiger partial charge in [-0.3, -0.25) is 4.79 Å². The molecule has 100 valence electrons. The second-order valence-electron chi connectivity index (χ2n) is 3.79. The Morgan fingerprint density at radius 2 is 1.88 bits per heavy atom. The van der Waals surface area contributed by atoms with Gasteiger partial charge >= 0.3 is 12.0 Å². The average Bonchev–Trinajstić information content (AvgIpc) is 2.28. The number of carbonyl (C=O) groups is 2. The second kappa shape index (κ2) is 9.89. The van der Waals surface area contributed by atoms with E-state index in [-0.39, 0.29) is 25.6 Å². The number of aliphatic hydroxyl groups excluding tert-OH is 1. The molecule has 0 fully saturated rings. The van der Waals surface area contributed by atoms with Crippen molar-refractivity contribution in [3.8, 4) is 0 Å². The van der Waals surface area contributed by atoms with Crippen LogP contribution in [0.4, 0.5) is 4.79 Å². The Morgan fingerprint density at radius 1 is 1.24 bits per heavy atom. The third-order valence-electron chi connectivity index (χ3n) is 2.27. The number of aliphatic hydroxyl groups is 1. The molecule has 0 aromatic rings. The zero-order valence-corrected chi connectivity index (χ0v) is 10.3. The first-order valence-corrected chi connectivity index (χ1v) is 5.97. The number of nitrogens with one attached hydrogen (secondary N) is 1. The number of carbonyl (C=O) groups excluding carboxylic acids is 1. The van der Waals surface area contributed by atoms with E-state index in [1.807, 2.05) is 6.92 Å². The maximum Gasteiger partial charge on any atom is 0.317 e. The zero-order chi connectivity index (χ0) is 13.1. The van der Waals surface area contributed by atoms with Crippen molar-refractivity contribution in [1.29, 1.82) is 0 Å². The highest BCUT2D eigenvalue weighted by Crippen LogP contribution is 1.98. The van der Waals surface area contributed by atoms with Crippen LogP contribution in [0.25, 0.3) is 0 Å². The summed E-state index contributed by atoms with van der Waals surface area (Å²) in [5.41, 5.74) is 0. The van der Waals surface area contributed by atoms with Gasteiger partial charge < -0.3 is 20.4 Å². The van der Waals surface area contributed by atoms with Crippen LogP contribution in [0.1, 0.15) is 32.6 Å². The molecule has 2 amide bonds. The van der Waals surface area contributed by atoms with Gasteiger partial charge in [0.05, 0.1) is 6.42 Å². The van der Waals surface area contributed by atoms with Crippen LogP contribution in [-0.4, -0.2) is 53.4 Å². The van der Waals surface area contributed by atoms with Crippen LogP contribution < -0.4 is 5.32 Å². The Morgan fingerprint density at radius 3 is 2.41 bits per heavy atom. The molecule has 6 nitrogen and oxygen atoms in total. The lowest BCUT2D eigenvalue weighted by Crippen LogP contribution is -2.42. The van der Waals surface area contributed by atoms with Crippen molar-refractivity contribution in [2.24, 2.45) is 0 Å². The molecule has 3 N–H and O–H groups in total. The lowest BCUT2D eigenvalue weighted by molar-refractivity contribution is -0.136. The average molecular weight is 246 g/mol. The molecule has 0 saturated heterocycles. The summed E-state index contributed by atoms with van der Waals surface area (Å²) in [6.07, 6.45) is 2.35. The standard InChI is InChI=1S/C11H22N2O4/c1-2-3-7-13(8-4-9-14)11(17)12-6-5-10(15)16/h14H,2-9H2,1H3,(H,12,17)(H,15,16). The lowest BCUT2D eigenvalue weighted by atomic mass is 10.3. The molecule has 0 saturated carbocycles. The van der Waals surface area contributed by atoms with Crippen molar-refractivity contribution in [2.75, 3.05) is 26.2 Å². The highest BCUT2D eigenvalue weighted by molar-refractivity contribution is 5.75. The van der Waals surface area contributed by atoms with Gasteiger partial charge in [0.25, 0.3) is 0 Å². The number of aliphatic carboxylic acids is 1. The van der Waals surface area contributed by atoms with Gasteiger partial charge in [-0.05, 0) is 12.8 Å². The summed E-state index contributed by atoms with van der Waals surface area (Å²) < 4.78 is 0. The normalized spacial score (nSPS) is 10.0. The predicted octanol–water partition coefficient (Wildman–Crippen LogP) is 0.655. The van der Waals surface area contributed by atoms with Crippen LogP contribution in [0.3, 0.4) is 0 Å². The predicted molar refractivity (Wildman–Crippen MR) is 63.8 cm³/mol. The molecule has 0 rings (SSSR count). The molecule has 0 aromatic heterocycles. The van der Waals surface area contributed by atoms with Crippen molar-refractivity contribution < 1.29 is 19.8 Å². The maximum atomic E-state index is 11.7. The minimum absolute atomic E-state index is 0.0467. The first-order chi connectivity index (χ1) is 8.11. The Bertz CT molecular complexity index is 226. The molecule has 0 unspecified atom stereocenters. The summed E-state index contributed by atoms with van der Waals surface area (Å²) in [5, 5.41) is 19.7. The molecule has 0 heterocycles. The lowest BCUT2D eigenvalue weighted by Gasteiger charge is -2.22. The van der Waals surface area contributed by atoms with Crippen LogP contribution in [0.15, 0.2) is 0 Å². The minimum Gasteiger partial charge on any atom is -0.481 e. The second-order valence-corrected chi connectivity index (χ2v) is 3.79. The van der Waals surface area contributed by atoms with Crippen LogP contribution >= 0.6 is 0 Å². The number of unbranched alkanes of at least 4 members (excludes halogenated alkanes) is 1. The van der Waals surface area contributed by atoms with E-state index < -0.39 is 5.97 Å². The van der Waals surface area contributed by atoms with E-state index in [4.69, 9.17) is 10.2 Å². The number of hydrogen-bond donors (Lipinski definition) is 3. The summed E-state index contributed by atoms with van der Waals surface area (Å²) in [6.45, 7) is 3.35. The molecule has 0 bridgehead atoms. The first kappa shape index (κ1) is 15.7. The number of urea groups is 1. The summed E-state index contributed by atoms with van der Waals surface area (Å²) in [5.74, 6) is -0.930. The number of carboxylic acids is 1. The Kier molecular flexibility index (Phi) is 9.14. The third kappa shape index (κ3) is 8.50. The van der Waals surface area contributed by atoms with Crippen LogP contribution in [-0.2, 0) is 4.79 Å². The Labute approximate surface area is 102 Å². The third-order valence-corrected chi connectivity index (χ3v) is 2.27. The van der Waals surface area contributed by atoms with Crippen LogP contribution in [0.2, 0.25) is 0 Å². The van der Waals surface area contributed by atoms with Crippen molar-refractivity contribution in [1.82, 2.24) is 10.2 Å². The number of amides is 2. The molecular formula is C11H22N2O4. The summed E-state index contributed by atoms with van der Waals surface area (Å²) in [7, 11) is 0. The molecule has 0 aromatic carbocycles. The number of hydrogen-bond acceptors (Lipinski definition) is 3. The van der Waals surface area contributed by atoms with E-state index in [9.17, 15) is 9.59 Å². The zero-order valence-electron chi connectivity index (χ0n) is 10.3. The summed E-state index contributed by atoms with van der Waals surface area (Å²) in [6, 6.07) is -0.256. The topological polar surface area (TPSA) is 89.9 Å². The molecule has 0 radical (unpaired) electrons. The molecule has 0 aliphatic heterocycles. The van der Waals surface area contributed by atoms with Gasteiger partial charge in [-0.1, -0.05) is 13.3 Å². The molecule has 17 heavy (non-hydrogen) atoms. The van der Waals surface area contributed by atoms with Gasteiger partial charge in [0, 0.05) is 26.2 Å². The fraction of sp³-hybridized carbons (Fsp3) is 0.818. The van der Waals surface area contributed by atoms with E-state index in [1.54, 1.807) is 4.90 Å². The fourth-order valence-electron chi connectivity index (χ4n) is 1.31. The van der Waals surface area contributed by atoms with Crippen molar-refractivity contribution in [3.05, 3.63) is 0 Å². The summed E-state index contributed by atoms with van der Waals surface area (Å²) >= 11 is 0. The highest BCUT2D eigenvalue weighted by Gasteiger charge is 2.11. The van der Waals surface area contributed by atoms with E-state index in [1.165, 1.54) is 0 Å². The van der Waals surface area contributed by atoms with Gasteiger partial charge in [-0.25, -0.2) is 4.79 Å². The Balaban J connectivity index is 3.97. The maximum absolute atomic E-state index is 11.7. The van der Waals surface area contributed by atoms with Crippen LogP contribution in [0.5, 0.6) is 0 Å². The van der Waals surface area contributed by atoms with Gasteiger partial charge in [-0.15, -0.1) is 0 Å². The van der Waals surface area contributed by atoms with E-state index in [0.717, 1.165) is 12.8 Å². The van der Waals surface area contributed by atoms with E-state index in [2.05, 4.69) is 5.32 Å². The van der Waals surface area contributed by atoms with Crippen LogP contribution in [0, 0.1) is 0 Å². The number of nitrogens with zero attached hydrogens (tertiary/aromatic N) is 1. The van der Waals surface area contributed by atoms with Crippen molar-refractivity contribution >= 4 is 12.0 Å². The molecule has 0 atom stereocenters. The largest absolute Gasteiger partial charge is 0.481 e. The monoisotopic (exact) mass is 246 g/mol. The van der Waals surface area contributed by atoms with Gasteiger partial charge in [0.15, 0.2) is 0 Å². The molecular weight excluding hydrogens is 224 g/mol. The van der Waals surface area contributed by atoms with E-state index in [0.29, 0.717) is 19.5 Å². The van der Waals surface area contributed by atoms with Gasteiger partial charge in [0.2, 0.25) is 0 Å². The molecule has 0 aliphatic carbocycles. The fourth-order valence-corrected chi connectivity index (χ4v) is 1.31. The quantitative estimate of drug-likeness (QED) is 0.557. The van der Waals surface area contributed by atoms with Gasteiger partial charge in [-0.2, -0.15) is 0 Å². The van der Waals surface area contributed by atoms with Gasteiger partial charge in [0.1, 0.15) is 0 Å². The first-order valence-electron chi connectivity index (χ1n) is 5.97. The Hall–Kier alpha value is -1.30. The summed E-state index contributed by atoms with van der Waals surface area (Å²) in [4.78, 5) is 23.6. The number of rotatable bonds is 9. The SMILES string of the molecule is CCCCN(CCCO)C(=O)NCCC(=O)O.